The second kappa shape index (κ2) is 6.02. The van der Waals surface area contributed by atoms with Crippen LogP contribution < -0.4 is 5.32 Å². The molecule has 0 spiro atoms. The Labute approximate surface area is 123 Å². The standard InChI is InChI=1S/C18H17FN2/c1-2-20-18(15-7-3-4-10-16(15)19)14-8-5-11-17-13(14)9-6-12-21-17/h3-12,18,20H,2H2,1H3. The minimum Gasteiger partial charge on any atom is -0.306 e. The van der Waals surface area contributed by atoms with E-state index in [2.05, 4.69) is 10.3 Å². The van der Waals surface area contributed by atoms with Crippen molar-refractivity contribution in [1.82, 2.24) is 10.3 Å². The summed E-state index contributed by atoms with van der Waals surface area (Å²) < 4.78 is 14.2. The maximum atomic E-state index is 14.2. The molecule has 3 aromatic rings. The summed E-state index contributed by atoms with van der Waals surface area (Å²) in [6.45, 7) is 2.78. The summed E-state index contributed by atoms with van der Waals surface area (Å²) in [5.41, 5.74) is 2.64. The van der Waals surface area contributed by atoms with Gasteiger partial charge in [0.2, 0.25) is 0 Å². The Balaban J connectivity index is 2.19. The predicted octanol–water partition coefficient (Wildman–Crippen LogP) is 4.07. The molecule has 0 aliphatic carbocycles. The van der Waals surface area contributed by atoms with Crippen molar-refractivity contribution in [1.29, 1.82) is 0 Å². The molecule has 2 aromatic carbocycles. The highest BCUT2D eigenvalue weighted by Crippen LogP contribution is 2.29. The van der Waals surface area contributed by atoms with Gasteiger partial charge in [-0.1, -0.05) is 43.3 Å². The van der Waals surface area contributed by atoms with Crippen molar-refractivity contribution in [2.75, 3.05) is 6.54 Å². The Morgan fingerprint density at radius 1 is 1.00 bits per heavy atom. The van der Waals surface area contributed by atoms with E-state index in [0.29, 0.717) is 5.56 Å². The second-order valence-electron chi connectivity index (χ2n) is 4.93. The van der Waals surface area contributed by atoms with Crippen molar-refractivity contribution in [3.63, 3.8) is 0 Å². The summed E-state index contributed by atoms with van der Waals surface area (Å²) in [6.07, 6.45) is 1.78. The van der Waals surface area contributed by atoms with Gasteiger partial charge in [-0.25, -0.2) is 4.39 Å². The van der Waals surface area contributed by atoms with Crippen LogP contribution in [0.2, 0.25) is 0 Å². The lowest BCUT2D eigenvalue weighted by Gasteiger charge is -2.21. The summed E-state index contributed by atoms with van der Waals surface area (Å²) in [4.78, 5) is 4.38. The number of rotatable bonds is 4. The summed E-state index contributed by atoms with van der Waals surface area (Å²) in [5, 5.41) is 4.43. The molecule has 0 saturated carbocycles. The molecule has 0 aliphatic heterocycles. The average molecular weight is 280 g/mol. The molecule has 1 aromatic heterocycles. The van der Waals surface area contributed by atoms with Gasteiger partial charge in [-0.3, -0.25) is 4.98 Å². The fraction of sp³-hybridized carbons (Fsp3) is 0.167. The SMILES string of the molecule is CCNC(c1ccccc1F)c1cccc2ncccc12. The molecule has 2 nitrogen and oxygen atoms in total. The molecule has 0 aliphatic rings. The Morgan fingerprint density at radius 3 is 2.62 bits per heavy atom. The summed E-state index contributed by atoms with van der Waals surface area (Å²) in [5.74, 6) is -0.190. The zero-order chi connectivity index (χ0) is 14.7. The molecule has 0 fully saturated rings. The number of benzene rings is 2. The zero-order valence-corrected chi connectivity index (χ0v) is 11.9. The van der Waals surface area contributed by atoms with Gasteiger partial charge in [0.15, 0.2) is 0 Å². The summed E-state index contributed by atoms with van der Waals surface area (Å²) in [6, 6.07) is 16.7. The first-order chi connectivity index (χ1) is 10.3. The van der Waals surface area contributed by atoms with E-state index in [-0.39, 0.29) is 11.9 Å². The molecule has 1 heterocycles. The van der Waals surface area contributed by atoms with Crippen LogP contribution in [0.3, 0.4) is 0 Å². The van der Waals surface area contributed by atoms with Gasteiger partial charge in [0.25, 0.3) is 0 Å². The molecule has 1 unspecified atom stereocenters. The molecule has 3 heteroatoms. The molecular weight excluding hydrogens is 263 g/mol. The second-order valence-corrected chi connectivity index (χ2v) is 4.93. The van der Waals surface area contributed by atoms with Crippen LogP contribution in [0.1, 0.15) is 24.1 Å². The highest BCUT2D eigenvalue weighted by molar-refractivity contribution is 5.83. The number of nitrogens with zero attached hydrogens (tertiary/aromatic N) is 1. The first kappa shape index (κ1) is 13.7. The number of aromatic nitrogens is 1. The van der Waals surface area contributed by atoms with E-state index in [1.54, 1.807) is 12.3 Å². The molecule has 1 N–H and O–H groups in total. The molecule has 21 heavy (non-hydrogen) atoms. The van der Waals surface area contributed by atoms with Crippen LogP contribution in [0, 0.1) is 5.82 Å². The van der Waals surface area contributed by atoms with Crippen LogP contribution in [0.15, 0.2) is 60.8 Å². The van der Waals surface area contributed by atoms with Gasteiger partial charge in [-0.15, -0.1) is 0 Å². The lowest BCUT2D eigenvalue weighted by molar-refractivity contribution is 0.561. The molecule has 3 rings (SSSR count). The number of fused-ring (bicyclic) bond motifs is 1. The van der Waals surface area contributed by atoms with Gasteiger partial charge in [0.05, 0.1) is 11.6 Å². The number of nitrogens with one attached hydrogen (secondary N) is 1. The van der Waals surface area contributed by atoms with E-state index in [1.165, 1.54) is 6.07 Å². The van der Waals surface area contributed by atoms with E-state index < -0.39 is 0 Å². The first-order valence-electron chi connectivity index (χ1n) is 7.12. The van der Waals surface area contributed by atoms with Gasteiger partial charge < -0.3 is 5.32 Å². The van der Waals surface area contributed by atoms with Crippen LogP contribution in [0.5, 0.6) is 0 Å². The normalized spacial score (nSPS) is 12.5. The van der Waals surface area contributed by atoms with Crippen molar-refractivity contribution in [2.24, 2.45) is 0 Å². The van der Waals surface area contributed by atoms with Crippen molar-refractivity contribution in [3.8, 4) is 0 Å². The van der Waals surface area contributed by atoms with E-state index in [4.69, 9.17) is 0 Å². The largest absolute Gasteiger partial charge is 0.306 e. The molecule has 0 bridgehead atoms. The van der Waals surface area contributed by atoms with Crippen LogP contribution in [0.4, 0.5) is 4.39 Å². The number of pyridine rings is 1. The summed E-state index contributed by atoms with van der Waals surface area (Å²) >= 11 is 0. The van der Waals surface area contributed by atoms with Gasteiger partial charge >= 0.3 is 0 Å². The third-order valence-electron chi connectivity index (χ3n) is 3.61. The van der Waals surface area contributed by atoms with Crippen LogP contribution in [0.25, 0.3) is 10.9 Å². The highest BCUT2D eigenvalue weighted by atomic mass is 19.1. The maximum Gasteiger partial charge on any atom is 0.128 e. The molecule has 0 saturated heterocycles. The van der Waals surface area contributed by atoms with Crippen LogP contribution >= 0.6 is 0 Å². The fourth-order valence-electron chi connectivity index (χ4n) is 2.68. The third kappa shape index (κ3) is 2.65. The lowest BCUT2D eigenvalue weighted by atomic mass is 9.94. The van der Waals surface area contributed by atoms with Crippen LogP contribution in [-0.4, -0.2) is 11.5 Å². The average Bonchev–Trinajstić information content (AvgIpc) is 2.53. The lowest BCUT2D eigenvalue weighted by Crippen LogP contribution is -2.23. The minimum atomic E-state index is -0.190. The monoisotopic (exact) mass is 280 g/mol. The van der Waals surface area contributed by atoms with Gasteiger partial charge in [0, 0.05) is 17.1 Å². The van der Waals surface area contributed by atoms with Gasteiger partial charge in [-0.05, 0) is 30.3 Å². The van der Waals surface area contributed by atoms with Gasteiger partial charge in [-0.2, -0.15) is 0 Å². The maximum absolute atomic E-state index is 14.2. The van der Waals surface area contributed by atoms with Crippen molar-refractivity contribution >= 4 is 10.9 Å². The fourth-order valence-corrected chi connectivity index (χ4v) is 2.68. The Bertz CT molecular complexity index is 750. The van der Waals surface area contributed by atoms with E-state index in [1.807, 2.05) is 49.4 Å². The molecule has 1 atom stereocenters. The predicted molar refractivity (Wildman–Crippen MR) is 83.7 cm³/mol. The Morgan fingerprint density at radius 2 is 1.81 bits per heavy atom. The zero-order valence-electron chi connectivity index (χ0n) is 11.9. The van der Waals surface area contributed by atoms with Crippen LogP contribution in [-0.2, 0) is 0 Å². The topological polar surface area (TPSA) is 24.9 Å². The number of hydrogen-bond acceptors (Lipinski definition) is 2. The highest BCUT2D eigenvalue weighted by Gasteiger charge is 2.18. The van der Waals surface area contributed by atoms with E-state index in [9.17, 15) is 4.39 Å². The Kier molecular flexibility index (Phi) is 3.93. The molecule has 106 valence electrons. The van der Waals surface area contributed by atoms with Crippen molar-refractivity contribution in [3.05, 3.63) is 77.7 Å². The number of halogens is 1. The summed E-state index contributed by atoms with van der Waals surface area (Å²) in [7, 11) is 0. The van der Waals surface area contributed by atoms with Crippen molar-refractivity contribution < 1.29 is 4.39 Å². The third-order valence-corrected chi connectivity index (χ3v) is 3.61. The van der Waals surface area contributed by atoms with E-state index >= 15 is 0 Å². The molecule has 0 radical (unpaired) electrons. The Hall–Kier alpha value is -2.26. The smallest absolute Gasteiger partial charge is 0.128 e. The first-order valence-corrected chi connectivity index (χ1v) is 7.12. The quantitative estimate of drug-likeness (QED) is 0.779. The van der Waals surface area contributed by atoms with Gasteiger partial charge in [0.1, 0.15) is 5.82 Å². The van der Waals surface area contributed by atoms with E-state index in [0.717, 1.165) is 23.0 Å². The minimum absolute atomic E-state index is 0.177. The van der Waals surface area contributed by atoms with Crippen molar-refractivity contribution in [2.45, 2.75) is 13.0 Å². The number of hydrogen-bond donors (Lipinski definition) is 1. The molecular formula is C18H17FN2. The molecule has 0 amide bonds.